The standard InChI is InChI=1S/C17H31N3O4/c1-13(11-18-21)16-9-8-15(20-23)7-5-3-4-6-10-24-12-17(16)14(2)19-22/h11,13-17,21H,3-10,12H2,1-2H3/t13?,14-,15?,16?,17?/m0/s1. The number of rotatable bonds is 5. The van der Waals surface area contributed by atoms with Crippen LogP contribution in [0.2, 0.25) is 0 Å². The highest BCUT2D eigenvalue weighted by Gasteiger charge is 2.32. The molecule has 1 fully saturated rings. The van der Waals surface area contributed by atoms with Gasteiger partial charge in [0.1, 0.15) is 0 Å². The maximum atomic E-state index is 11.1. The molecule has 0 radical (unpaired) electrons. The van der Waals surface area contributed by atoms with Gasteiger partial charge in [-0.15, -0.1) is 5.16 Å². The Morgan fingerprint density at radius 3 is 2.46 bits per heavy atom. The Balaban J connectivity index is 2.93. The molecule has 1 aliphatic heterocycles. The van der Waals surface area contributed by atoms with Gasteiger partial charge in [-0.3, -0.25) is 0 Å². The molecular weight excluding hydrogens is 310 g/mol. The lowest BCUT2D eigenvalue weighted by atomic mass is 9.76. The molecule has 0 aromatic carbocycles. The first kappa shape index (κ1) is 20.7. The van der Waals surface area contributed by atoms with Crippen LogP contribution in [0.1, 0.15) is 58.8 Å². The second-order valence-corrected chi connectivity index (χ2v) is 6.91. The fourth-order valence-corrected chi connectivity index (χ4v) is 3.57. The number of oxime groups is 1. The molecule has 7 heteroatoms. The van der Waals surface area contributed by atoms with Crippen LogP contribution in [0.5, 0.6) is 0 Å². The van der Waals surface area contributed by atoms with E-state index in [9.17, 15) is 9.81 Å². The lowest BCUT2D eigenvalue weighted by Crippen LogP contribution is -2.34. The minimum absolute atomic E-state index is 0.0368. The highest BCUT2D eigenvalue weighted by Crippen LogP contribution is 2.31. The smallest absolute Gasteiger partial charge is 0.0944 e. The van der Waals surface area contributed by atoms with Crippen molar-refractivity contribution >= 4 is 6.21 Å². The Kier molecular flexibility index (Phi) is 10.4. The second-order valence-electron chi connectivity index (χ2n) is 6.91. The average Bonchev–Trinajstić information content (AvgIpc) is 2.61. The van der Waals surface area contributed by atoms with Crippen LogP contribution in [0, 0.1) is 27.6 Å². The Hall–Kier alpha value is -1.37. The molecule has 0 aromatic rings. The van der Waals surface area contributed by atoms with Crippen LogP contribution in [0.3, 0.4) is 0 Å². The fourth-order valence-electron chi connectivity index (χ4n) is 3.57. The van der Waals surface area contributed by atoms with Crippen molar-refractivity contribution < 1.29 is 9.94 Å². The van der Waals surface area contributed by atoms with E-state index in [0.717, 1.165) is 38.5 Å². The Bertz CT molecular complexity index is 392. The van der Waals surface area contributed by atoms with Crippen molar-refractivity contribution in [1.29, 1.82) is 0 Å². The van der Waals surface area contributed by atoms with E-state index in [1.54, 1.807) is 6.92 Å². The van der Waals surface area contributed by atoms with Crippen LogP contribution in [0.15, 0.2) is 15.5 Å². The molecule has 4 unspecified atom stereocenters. The summed E-state index contributed by atoms with van der Waals surface area (Å²) in [5, 5.41) is 18.5. The predicted octanol–water partition coefficient (Wildman–Crippen LogP) is 4.37. The third-order valence-electron chi connectivity index (χ3n) is 5.18. The normalized spacial score (nSPS) is 30.5. The van der Waals surface area contributed by atoms with E-state index < -0.39 is 6.04 Å². The van der Waals surface area contributed by atoms with Crippen molar-refractivity contribution in [3.8, 4) is 0 Å². The molecule has 1 aliphatic rings. The third kappa shape index (κ3) is 7.03. The van der Waals surface area contributed by atoms with Crippen molar-refractivity contribution in [3.05, 3.63) is 9.81 Å². The van der Waals surface area contributed by atoms with Gasteiger partial charge in [-0.1, -0.05) is 36.5 Å². The van der Waals surface area contributed by atoms with Crippen LogP contribution in [0.25, 0.3) is 0 Å². The topological polar surface area (TPSA) is 101 Å². The van der Waals surface area contributed by atoms with E-state index in [-0.39, 0.29) is 23.8 Å². The van der Waals surface area contributed by atoms with E-state index >= 15 is 0 Å². The van der Waals surface area contributed by atoms with Gasteiger partial charge in [0.2, 0.25) is 0 Å². The first-order chi connectivity index (χ1) is 11.6. The fraction of sp³-hybridized carbons (Fsp3) is 0.941. The number of hydrogen-bond acceptors (Lipinski definition) is 7. The molecule has 0 bridgehead atoms. The largest absolute Gasteiger partial charge is 0.411 e. The molecule has 0 aliphatic carbocycles. The highest BCUT2D eigenvalue weighted by molar-refractivity contribution is 5.59. The Morgan fingerprint density at radius 1 is 1.04 bits per heavy atom. The van der Waals surface area contributed by atoms with Crippen molar-refractivity contribution in [1.82, 2.24) is 0 Å². The van der Waals surface area contributed by atoms with Crippen molar-refractivity contribution in [2.75, 3.05) is 13.2 Å². The number of nitrogens with zero attached hydrogens (tertiary/aromatic N) is 3. The number of hydrogen-bond donors (Lipinski definition) is 1. The van der Waals surface area contributed by atoms with Crippen LogP contribution in [-0.4, -0.2) is 36.7 Å². The molecule has 1 saturated heterocycles. The van der Waals surface area contributed by atoms with Gasteiger partial charge in [-0.2, -0.15) is 9.81 Å². The minimum Gasteiger partial charge on any atom is -0.411 e. The van der Waals surface area contributed by atoms with Crippen LogP contribution in [-0.2, 0) is 4.74 Å². The summed E-state index contributed by atoms with van der Waals surface area (Å²) in [6.45, 7) is 4.88. The first-order valence-corrected chi connectivity index (χ1v) is 9.04. The monoisotopic (exact) mass is 341 g/mol. The molecule has 7 nitrogen and oxygen atoms in total. The molecule has 138 valence electrons. The summed E-state index contributed by atoms with van der Waals surface area (Å²) in [5.41, 5.74) is 0. The maximum Gasteiger partial charge on any atom is 0.0944 e. The van der Waals surface area contributed by atoms with Gasteiger partial charge in [-0.05, 0) is 44.4 Å². The lowest BCUT2D eigenvalue weighted by Gasteiger charge is -2.32. The first-order valence-electron chi connectivity index (χ1n) is 9.04. The highest BCUT2D eigenvalue weighted by atomic mass is 16.5. The summed E-state index contributed by atoms with van der Waals surface area (Å²) in [5.74, 6) is -0.0487. The third-order valence-corrected chi connectivity index (χ3v) is 5.18. The zero-order chi connectivity index (χ0) is 17.8. The molecule has 5 atom stereocenters. The molecule has 1 rings (SSSR count). The van der Waals surface area contributed by atoms with Crippen molar-refractivity contribution in [3.63, 3.8) is 0 Å². The van der Waals surface area contributed by atoms with Gasteiger partial charge in [-0.25, -0.2) is 0 Å². The Morgan fingerprint density at radius 2 is 1.79 bits per heavy atom. The number of ether oxygens (including phenoxy) is 1. The minimum atomic E-state index is -0.391. The molecule has 0 spiro atoms. The SMILES string of the molecule is CC(C=NO)C1CCC(N=O)CCCCCCOCC1[C@H](C)N=O. The quantitative estimate of drug-likeness (QED) is 0.347. The zero-order valence-electron chi connectivity index (χ0n) is 14.8. The van der Waals surface area contributed by atoms with E-state index in [1.165, 1.54) is 6.21 Å². The molecule has 0 aromatic heterocycles. The lowest BCUT2D eigenvalue weighted by molar-refractivity contribution is 0.0557. The van der Waals surface area contributed by atoms with Crippen LogP contribution >= 0.6 is 0 Å². The predicted molar refractivity (Wildman–Crippen MR) is 94.4 cm³/mol. The van der Waals surface area contributed by atoms with Crippen LogP contribution in [0.4, 0.5) is 0 Å². The molecular formula is C17H31N3O4. The van der Waals surface area contributed by atoms with Gasteiger partial charge < -0.3 is 9.94 Å². The molecule has 1 heterocycles. The van der Waals surface area contributed by atoms with Crippen LogP contribution < -0.4 is 0 Å². The van der Waals surface area contributed by atoms with Crippen molar-refractivity contribution in [2.45, 2.75) is 70.9 Å². The average molecular weight is 341 g/mol. The second kappa shape index (κ2) is 12.1. The van der Waals surface area contributed by atoms with Gasteiger partial charge in [0, 0.05) is 18.7 Å². The molecule has 0 amide bonds. The van der Waals surface area contributed by atoms with E-state index in [4.69, 9.17) is 9.94 Å². The van der Waals surface area contributed by atoms with Gasteiger partial charge in [0.25, 0.3) is 0 Å². The zero-order valence-corrected chi connectivity index (χ0v) is 14.8. The van der Waals surface area contributed by atoms with Gasteiger partial charge >= 0.3 is 0 Å². The summed E-state index contributed by atoms with van der Waals surface area (Å²) in [6.07, 6.45) is 7.86. The van der Waals surface area contributed by atoms with E-state index in [0.29, 0.717) is 19.6 Å². The number of nitroso groups, excluding NO2 is 2. The summed E-state index contributed by atoms with van der Waals surface area (Å²) in [6, 6.07) is -0.579. The summed E-state index contributed by atoms with van der Waals surface area (Å²) in [7, 11) is 0. The molecule has 24 heavy (non-hydrogen) atoms. The van der Waals surface area contributed by atoms with Gasteiger partial charge in [0.15, 0.2) is 0 Å². The van der Waals surface area contributed by atoms with Crippen molar-refractivity contribution in [2.24, 2.45) is 33.3 Å². The summed E-state index contributed by atoms with van der Waals surface area (Å²) < 4.78 is 5.80. The van der Waals surface area contributed by atoms with Gasteiger partial charge in [0.05, 0.1) is 18.7 Å². The van der Waals surface area contributed by atoms with E-state index in [2.05, 4.69) is 15.5 Å². The molecule has 1 N–H and O–H groups in total. The molecule has 0 saturated carbocycles. The van der Waals surface area contributed by atoms with E-state index in [1.807, 2.05) is 6.92 Å². The maximum absolute atomic E-state index is 11.1. The summed E-state index contributed by atoms with van der Waals surface area (Å²) in [4.78, 5) is 22.2. The summed E-state index contributed by atoms with van der Waals surface area (Å²) >= 11 is 0. The Labute approximate surface area is 144 Å².